The van der Waals surface area contributed by atoms with E-state index in [2.05, 4.69) is 51.7 Å². The molecule has 16 heavy (non-hydrogen) atoms. The van der Waals surface area contributed by atoms with Gasteiger partial charge in [-0.2, -0.15) is 0 Å². The fourth-order valence-electron chi connectivity index (χ4n) is 1.79. The summed E-state index contributed by atoms with van der Waals surface area (Å²) in [4.78, 5) is 9.27. The molecule has 1 aromatic rings. The van der Waals surface area contributed by atoms with Crippen molar-refractivity contribution >= 4 is 28.4 Å². The number of aryl methyl sites for hydroxylation is 1. The lowest BCUT2D eigenvalue weighted by Crippen LogP contribution is -2.16. The maximum absolute atomic E-state index is 4.66. The summed E-state index contributed by atoms with van der Waals surface area (Å²) in [6.45, 7) is 5.22. The van der Waals surface area contributed by atoms with Crippen LogP contribution in [0.2, 0.25) is 0 Å². The van der Waals surface area contributed by atoms with E-state index < -0.39 is 0 Å². The average molecular weight is 331 g/mol. The Balaban J connectivity index is 2.23. The molecule has 1 saturated carbocycles. The second-order valence-electron chi connectivity index (χ2n) is 4.38. The Kier molecular flexibility index (Phi) is 4.00. The first kappa shape index (κ1) is 12.1. The van der Waals surface area contributed by atoms with Gasteiger partial charge in [-0.1, -0.05) is 13.3 Å². The van der Waals surface area contributed by atoms with Crippen LogP contribution in [0.25, 0.3) is 0 Å². The molecular formula is C12H18IN3. The van der Waals surface area contributed by atoms with Gasteiger partial charge in [0.05, 0.1) is 9.26 Å². The lowest BCUT2D eigenvalue weighted by Gasteiger charge is -2.24. The number of hydrogen-bond donors (Lipinski definition) is 1. The van der Waals surface area contributed by atoms with E-state index in [-0.39, 0.29) is 0 Å². The molecule has 0 bridgehead atoms. The van der Waals surface area contributed by atoms with E-state index in [1.165, 1.54) is 19.3 Å². The second kappa shape index (κ2) is 5.29. The summed E-state index contributed by atoms with van der Waals surface area (Å²) in [7, 11) is 0. The van der Waals surface area contributed by atoms with Gasteiger partial charge in [-0.05, 0) is 48.8 Å². The quantitative estimate of drug-likeness (QED) is 0.859. The van der Waals surface area contributed by atoms with Crippen LogP contribution in [-0.4, -0.2) is 16.5 Å². The maximum atomic E-state index is 4.66. The minimum Gasteiger partial charge on any atom is -0.369 e. The molecule has 0 amide bonds. The molecule has 88 valence electrons. The molecular weight excluding hydrogens is 313 g/mol. The van der Waals surface area contributed by atoms with Gasteiger partial charge in [0.15, 0.2) is 0 Å². The van der Waals surface area contributed by atoms with Crippen molar-refractivity contribution in [3.05, 3.63) is 15.1 Å². The van der Waals surface area contributed by atoms with Crippen LogP contribution >= 0.6 is 22.6 Å². The minimum atomic E-state index is 0.609. The summed E-state index contributed by atoms with van der Waals surface area (Å²) in [5.74, 6) is 2.68. The Morgan fingerprint density at radius 3 is 2.69 bits per heavy atom. The maximum Gasteiger partial charge on any atom is 0.143 e. The van der Waals surface area contributed by atoms with Gasteiger partial charge < -0.3 is 5.32 Å². The van der Waals surface area contributed by atoms with Gasteiger partial charge in [0.2, 0.25) is 0 Å². The number of hydrogen-bond acceptors (Lipinski definition) is 3. The van der Waals surface area contributed by atoms with Gasteiger partial charge in [-0.25, -0.2) is 9.97 Å². The predicted octanol–water partition coefficient (Wildman–Crippen LogP) is 3.48. The molecule has 0 aromatic carbocycles. The highest BCUT2D eigenvalue weighted by atomic mass is 127. The molecule has 0 atom stereocenters. The van der Waals surface area contributed by atoms with Crippen molar-refractivity contribution in [1.29, 1.82) is 0 Å². The monoisotopic (exact) mass is 331 g/mol. The van der Waals surface area contributed by atoms with Crippen molar-refractivity contribution in [3.63, 3.8) is 0 Å². The lowest BCUT2D eigenvalue weighted by molar-refractivity contribution is 0.401. The van der Waals surface area contributed by atoms with Gasteiger partial charge in [0.25, 0.3) is 0 Å². The first-order chi connectivity index (χ1) is 7.72. The third-order valence-electron chi connectivity index (χ3n) is 3.05. The molecule has 4 heteroatoms. The molecule has 1 N–H and O–H groups in total. The summed E-state index contributed by atoms with van der Waals surface area (Å²) in [6.07, 6.45) is 4.97. The van der Waals surface area contributed by atoms with Crippen molar-refractivity contribution in [3.8, 4) is 0 Å². The van der Waals surface area contributed by atoms with Crippen LogP contribution < -0.4 is 5.32 Å². The second-order valence-corrected chi connectivity index (χ2v) is 5.46. The van der Waals surface area contributed by atoms with Crippen molar-refractivity contribution in [2.45, 2.75) is 45.4 Å². The van der Waals surface area contributed by atoms with Gasteiger partial charge in [0.1, 0.15) is 11.6 Å². The summed E-state index contributed by atoms with van der Waals surface area (Å²) in [5, 5.41) is 3.39. The van der Waals surface area contributed by atoms with Gasteiger partial charge in [0, 0.05) is 12.5 Å². The third-order valence-corrected chi connectivity index (χ3v) is 4.34. The zero-order chi connectivity index (χ0) is 11.5. The van der Waals surface area contributed by atoms with Crippen LogP contribution in [0.4, 0.5) is 5.82 Å². The van der Waals surface area contributed by atoms with E-state index in [0.717, 1.165) is 33.9 Å². The van der Waals surface area contributed by atoms with Crippen LogP contribution in [0.1, 0.15) is 50.0 Å². The zero-order valence-corrected chi connectivity index (χ0v) is 12.0. The van der Waals surface area contributed by atoms with Crippen molar-refractivity contribution in [2.24, 2.45) is 0 Å². The largest absolute Gasteiger partial charge is 0.369 e. The SMILES string of the molecule is CCCNc1nc(C2CCC2)nc(C)c1I. The number of rotatable bonds is 4. The van der Waals surface area contributed by atoms with E-state index in [1.54, 1.807) is 0 Å². The number of nitrogens with zero attached hydrogens (tertiary/aromatic N) is 2. The van der Waals surface area contributed by atoms with Crippen molar-refractivity contribution < 1.29 is 0 Å². The molecule has 1 heterocycles. The van der Waals surface area contributed by atoms with Crippen LogP contribution in [0, 0.1) is 10.5 Å². The molecule has 2 rings (SSSR count). The molecule has 0 spiro atoms. The van der Waals surface area contributed by atoms with E-state index >= 15 is 0 Å². The number of anilines is 1. The molecule has 0 aliphatic heterocycles. The number of aromatic nitrogens is 2. The van der Waals surface area contributed by atoms with Gasteiger partial charge in [-0.3, -0.25) is 0 Å². The highest BCUT2D eigenvalue weighted by Crippen LogP contribution is 2.35. The fraction of sp³-hybridized carbons (Fsp3) is 0.667. The first-order valence-electron chi connectivity index (χ1n) is 6.00. The van der Waals surface area contributed by atoms with Gasteiger partial charge >= 0.3 is 0 Å². The third kappa shape index (κ3) is 2.47. The van der Waals surface area contributed by atoms with Crippen LogP contribution in [0.15, 0.2) is 0 Å². The van der Waals surface area contributed by atoms with Crippen molar-refractivity contribution in [2.75, 3.05) is 11.9 Å². The lowest BCUT2D eigenvalue weighted by atomic mass is 9.85. The fourth-order valence-corrected chi connectivity index (χ4v) is 2.22. The highest BCUT2D eigenvalue weighted by molar-refractivity contribution is 14.1. The standard InChI is InChI=1S/C12H18IN3/c1-3-7-14-12-10(13)8(2)15-11(16-12)9-5-4-6-9/h9H,3-7H2,1-2H3,(H,14,15,16). The van der Waals surface area contributed by atoms with E-state index in [4.69, 9.17) is 0 Å². The van der Waals surface area contributed by atoms with Crippen molar-refractivity contribution in [1.82, 2.24) is 9.97 Å². The molecule has 3 nitrogen and oxygen atoms in total. The smallest absolute Gasteiger partial charge is 0.143 e. The van der Waals surface area contributed by atoms with Gasteiger partial charge in [-0.15, -0.1) is 0 Å². The van der Waals surface area contributed by atoms with E-state index in [0.29, 0.717) is 5.92 Å². The predicted molar refractivity (Wildman–Crippen MR) is 74.9 cm³/mol. The minimum absolute atomic E-state index is 0.609. The molecule has 0 radical (unpaired) electrons. The van der Waals surface area contributed by atoms with Crippen LogP contribution in [0.5, 0.6) is 0 Å². The van der Waals surface area contributed by atoms with Crippen LogP contribution in [-0.2, 0) is 0 Å². The Bertz CT molecular complexity index is 375. The molecule has 0 saturated heterocycles. The Labute approximate surface area is 111 Å². The van der Waals surface area contributed by atoms with Crippen LogP contribution in [0.3, 0.4) is 0 Å². The topological polar surface area (TPSA) is 37.8 Å². The zero-order valence-electron chi connectivity index (χ0n) is 9.89. The first-order valence-corrected chi connectivity index (χ1v) is 7.08. The van der Waals surface area contributed by atoms with E-state index in [1.807, 2.05) is 0 Å². The number of nitrogens with one attached hydrogen (secondary N) is 1. The summed E-state index contributed by atoms with van der Waals surface area (Å²) < 4.78 is 1.16. The molecule has 1 aromatic heterocycles. The summed E-state index contributed by atoms with van der Waals surface area (Å²) >= 11 is 2.33. The molecule has 1 aliphatic carbocycles. The molecule has 1 fully saturated rings. The normalized spacial score (nSPS) is 15.9. The highest BCUT2D eigenvalue weighted by Gasteiger charge is 2.23. The summed E-state index contributed by atoms with van der Waals surface area (Å²) in [6, 6.07) is 0. The van der Waals surface area contributed by atoms with E-state index in [9.17, 15) is 0 Å². The Morgan fingerprint density at radius 2 is 2.12 bits per heavy atom. The Hall–Kier alpha value is -0.390. The Morgan fingerprint density at radius 1 is 1.38 bits per heavy atom. The average Bonchev–Trinajstić information content (AvgIpc) is 2.18. The number of halogens is 1. The molecule has 0 unspecified atom stereocenters. The summed E-state index contributed by atoms with van der Waals surface area (Å²) in [5.41, 5.74) is 1.11. The molecule has 1 aliphatic rings.